The van der Waals surface area contributed by atoms with Crippen LogP contribution in [0.3, 0.4) is 0 Å². The summed E-state index contributed by atoms with van der Waals surface area (Å²) in [5.41, 5.74) is 0.263. The summed E-state index contributed by atoms with van der Waals surface area (Å²) in [5.74, 6) is -1.29. The van der Waals surface area contributed by atoms with E-state index in [-0.39, 0.29) is 10.5 Å². The third-order valence-corrected chi connectivity index (χ3v) is 4.10. The Bertz CT molecular complexity index is 731. The van der Waals surface area contributed by atoms with Crippen LogP contribution in [0.1, 0.15) is 11.6 Å². The highest BCUT2D eigenvalue weighted by Gasteiger charge is 2.28. The molecule has 9 heteroatoms. The summed E-state index contributed by atoms with van der Waals surface area (Å²) in [4.78, 5) is 11.3. The highest BCUT2D eigenvalue weighted by atomic mass is 32.2. The summed E-state index contributed by atoms with van der Waals surface area (Å²) in [6, 6.07) is 0.0127. The number of hydrogen-bond acceptors (Lipinski definition) is 4. The molecule has 0 bridgehead atoms. The first kappa shape index (κ1) is 14.3. The number of rotatable bonds is 5. The van der Waals surface area contributed by atoms with E-state index in [0.717, 1.165) is 0 Å². The van der Waals surface area contributed by atoms with Crippen molar-refractivity contribution < 1.29 is 18.3 Å². The molecule has 2 aromatic heterocycles. The normalized spacial score (nSPS) is 13.3. The van der Waals surface area contributed by atoms with Crippen LogP contribution in [0.2, 0.25) is 0 Å². The van der Waals surface area contributed by atoms with Crippen LogP contribution in [0.25, 0.3) is 0 Å². The Morgan fingerprint density at radius 2 is 2.10 bits per heavy atom. The van der Waals surface area contributed by atoms with Gasteiger partial charge in [0, 0.05) is 38.2 Å². The molecule has 0 saturated heterocycles. The van der Waals surface area contributed by atoms with Crippen LogP contribution in [-0.2, 0) is 28.9 Å². The van der Waals surface area contributed by atoms with Gasteiger partial charge in [-0.1, -0.05) is 0 Å². The van der Waals surface area contributed by atoms with Gasteiger partial charge in [0.25, 0.3) is 0 Å². The maximum atomic E-state index is 12.1. The molecule has 20 heavy (non-hydrogen) atoms. The quantitative estimate of drug-likeness (QED) is 0.799. The van der Waals surface area contributed by atoms with E-state index in [0.29, 0.717) is 0 Å². The lowest BCUT2D eigenvalue weighted by Crippen LogP contribution is -2.33. The van der Waals surface area contributed by atoms with E-state index in [4.69, 9.17) is 0 Å². The second-order valence-corrected chi connectivity index (χ2v) is 6.07. The van der Waals surface area contributed by atoms with Crippen LogP contribution in [0.15, 0.2) is 35.7 Å². The summed E-state index contributed by atoms with van der Waals surface area (Å²) in [5, 5.41) is 13.0. The highest BCUT2D eigenvalue weighted by Crippen LogP contribution is 2.17. The van der Waals surface area contributed by atoms with Gasteiger partial charge >= 0.3 is 5.97 Å². The molecule has 0 aliphatic rings. The molecule has 2 rings (SSSR count). The Balaban J connectivity index is 2.31. The van der Waals surface area contributed by atoms with Gasteiger partial charge in [0.05, 0.1) is 11.1 Å². The second-order valence-electron chi connectivity index (χ2n) is 4.35. The molecule has 0 radical (unpaired) electrons. The van der Waals surface area contributed by atoms with Gasteiger partial charge in [-0.05, 0) is 6.07 Å². The number of sulfonamides is 1. The molecule has 2 aromatic rings. The zero-order chi connectivity index (χ0) is 14.9. The van der Waals surface area contributed by atoms with E-state index in [9.17, 15) is 18.3 Å². The maximum Gasteiger partial charge on any atom is 0.326 e. The molecule has 2 heterocycles. The number of carboxylic acid groups (broad SMARTS) is 1. The zero-order valence-corrected chi connectivity index (χ0v) is 11.7. The summed E-state index contributed by atoms with van der Waals surface area (Å²) < 4.78 is 29.4. The number of hydrogen-bond donors (Lipinski definition) is 2. The van der Waals surface area contributed by atoms with Crippen LogP contribution in [0.4, 0.5) is 0 Å². The SMILES string of the molecule is Cn1ccc(S(=O)(=O)NC(C(=O)O)c2cnn(C)c2)c1. The van der Waals surface area contributed by atoms with E-state index < -0.39 is 22.0 Å². The number of aryl methyl sites for hydroxylation is 2. The van der Waals surface area contributed by atoms with Crippen molar-refractivity contribution in [2.45, 2.75) is 10.9 Å². The predicted octanol–water partition coefficient (Wildman–Crippen LogP) is -0.137. The Kier molecular flexibility index (Phi) is 3.64. The molecular weight excluding hydrogens is 284 g/mol. The first-order valence-corrected chi connectivity index (χ1v) is 7.13. The minimum absolute atomic E-state index is 0.00939. The Morgan fingerprint density at radius 1 is 1.40 bits per heavy atom. The summed E-state index contributed by atoms with van der Waals surface area (Å²) >= 11 is 0. The largest absolute Gasteiger partial charge is 0.480 e. The van der Waals surface area contributed by atoms with Crippen molar-refractivity contribution in [1.29, 1.82) is 0 Å². The topological polar surface area (TPSA) is 106 Å². The maximum absolute atomic E-state index is 12.1. The number of nitrogens with zero attached hydrogens (tertiary/aromatic N) is 3. The fraction of sp³-hybridized carbons (Fsp3) is 0.273. The molecule has 0 aliphatic heterocycles. The van der Waals surface area contributed by atoms with Crippen LogP contribution in [0, 0.1) is 0 Å². The first-order chi connectivity index (χ1) is 9.29. The molecular formula is C11H14N4O4S. The Morgan fingerprint density at radius 3 is 2.55 bits per heavy atom. The molecule has 0 saturated carbocycles. The molecule has 1 atom stereocenters. The average Bonchev–Trinajstić information content (AvgIpc) is 2.95. The number of carbonyl (C=O) groups is 1. The molecule has 1 unspecified atom stereocenters. The number of carboxylic acids is 1. The van der Waals surface area contributed by atoms with Gasteiger partial charge in [-0.3, -0.25) is 9.48 Å². The summed E-state index contributed by atoms with van der Waals surface area (Å²) in [6.45, 7) is 0. The van der Waals surface area contributed by atoms with Crippen molar-refractivity contribution >= 4 is 16.0 Å². The van der Waals surface area contributed by atoms with E-state index in [1.165, 1.54) is 29.3 Å². The zero-order valence-electron chi connectivity index (χ0n) is 10.9. The van der Waals surface area contributed by atoms with Crippen LogP contribution in [0.5, 0.6) is 0 Å². The lowest BCUT2D eigenvalue weighted by molar-refractivity contribution is -0.139. The summed E-state index contributed by atoms with van der Waals surface area (Å²) in [6.07, 6.45) is 5.72. The molecule has 8 nitrogen and oxygen atoms in total. The smallest absolute Gasteiger partial charge is 0.326 e. The Hall–Kier alpha value is -2.13. The molecule has 0 fully saturated rings. The molecule has 2 N–H and O–H groups in total. The molecule has 108 valence electrons. The monoisotopic (exact) mass is 298 g/mol. The van der Waals surface area contributed by atoms with Gasteiger partial charge in [-0.15, -0.1) is 0 Å². The fourth-order valence-electron chi connectivity index (χ4n) is 1.71. The third-order valence-electron chi connectivity index (χ3n) is 2.69. The van der Waals surface area contributed by atoms with Gasteiger partial charge in [0.15, 0.2) is 0 Å². The van der Waals surface area contributed by atoms with Gasteiger partial charge in [-0.25, -0.2) is 8.42 Å². The van der Waals surface area contributed by atoms with Crippen molar-refractivity contribution in [3.8, 4) is 0 Å². The van der Waals surface area contributed by atoms with Crippen molar-refractivity contribution in [1.82, 2.24) is 19.1 Å². The van der Waals surface area contributed by atoms with Gasteiger partial charge in [0.1, 0.15) is 6.04 Å². The highest BCUT2D eigenvalue weighted by molar-refractivity contribution is 7.89. The van der Waals surface area contributed by atoms with Crippen LogP contribution < -0.4 is 4.72 Å². The van der Waals surface area contributed by atoms with Gasteiger partial charge < -0.3 is 9.67 Å². The van der Waals surface area contributed by atoms with E-state index in [1.807, 2.05) is 0 Å². The van der Waals surface area contributed by atoms with E-state index >= 15 is 0 Å². The van der Waals surface area contributed by atoms with Crippen LogP contribution >= 0.6 is 0 Å². The molecule has 0 aliphatic carbocycles. The molecule has 0 amide bonds. The van der Waals surface area contributed by atoms with Gasteiger partial charge in [-0.2, -0.15) is 9.82 Å². The van der Waals surface area contributed by atoms with Crippen molar-refractivity contribution in [2.75, 3.05) is 0 Å². The van der Waals surface area contributed by atoms with E-state index in [1.54, 1.807) is 24.9 Å². The predicted molar refractivity (Wildman–Crippen MR) is 69.3 cm³/mol. The van der Waals surface area contributed by atoms with E-state index in [2.05, 4.69) is 9.82 Å². The van der Waals surface area contributed by atoms with Crippen molar-refractivity contribution in [3.05, 3.63) is 36.4 Å². The third kappa shape index (κ3) is 2.89. The summed E-state index contributed by atoms with van der Waals surface area (Å²) in [7, 11) is -0.617. The minimum atomic E-state index is -3.91. The van der Waals surface area contributed by atoms with Gasteiger partial charge in [0.2, 0.25) is 10.0 Å². The lowest BCUT2D eigenvalue weighted by Gasteiger charge is -2.12. The standard InChI is InChI=1S/C11H14N4O4S/c1-14-4-3-9(7-14)20(18,19)13-10(11(16)17)8-5-12-15(2)6-8/h3-7,10,13H,1-2H3,(H,16,17). The second kappa shape index (κ2) is 5.10. The average molecular weight is 298 g/mol. The number of aromatic nitrogens is 3. The lowest BCUT2D eigenvalue weighted by atomic mass is 10.2. The van der Waals surface area contributed by atoms with Crippen LogP contribution in [-0.4, -0.2) is 33.8 Å². The minimum Gasteiger partial charge on any atom is -0.480 e. The molecule has 0 spiro atoms. The van der Waals surface area contributed by atoms with Crippen molar-refractivity contribution in [2.24, 2.45) is 14.1 Å². The molecule has 0 aromatic carbocycles. The first-order valence-electron chi connectivity index (χ1n) is 5.65. The number of nitrogens with one attached hydrogen (secondary N) is 1. The Labute approximate surface area is 115 Å². The number of aliphatic carboxylic acids is 1. The fourth-order valence-corrected chi connectivity index (χ4v) is 2.94. The van der Waals surface area contributed by atoms with Crippen molar-refractivity contribution in [3.63, 3.8) is 0 Å².